The lowest BCUT2D eigenvalue weighted by Crippen LogP contribution is -2.28. The standard InChI is InChI=1S/C14H18O4/c1-5-8-14(3,4)16-13(15)10-6-7-11-12(9(10)2)18-17-11/h6-7H,5,8H2,1-4H3. The average Bonchev–Trinajstić information content (AvgIpc) is 2.19. The van der Waals surface area contributed by atoms with Gasteiger partial charge in [0.15, 0.2) is 0 Å². The second-order valence-corrected chi connectivity index (χ2v) is 5.13. The van der Waals surface area contributed by atoms with Gasteiger partial charge in [-0.1, -0.05) is 13.3 Å². The SMILES string of the molecule is CCCC(C)(C)OC(=O)c1ccc2ooc2c1C. The summed E-state index contributed by atoms with van der Waals surface area (Å²) < 4.78 is 15.2. The van der Waals surface area contributed by atoms with Gasteiger partial charge in [-0.05, 0) is 39.3 Å². The second-order valence-electron chi connectivity index (χ2n) is 5.13. The Morgan fingerprint density at radius 2 is 2.06 bits per heavy atom. The summed E-state index contributed by atoms with van der Waals surface area (Å²) in [5.74, 6) is -0.316. The van der Waals surface area contributed by atoms with E-state index in [-0.39, 0.29) is 5.97 Å². The molecule has 0 aliphatic heterocycles. The van der Waals surface area contributed by atoms with Crippen molar-refractivity contribution in [2.45, 2.75) is 46.1 Å². The highest BCUT2D eigenvalue weighted by Gasteiger charge is 2.25. The summed E-state index contributed by atoms with van der Waals surface area (Å²) in [5.41, 5.74) is 2.13. The maximum Gasteiger partial charge on any atom is 0.339 e. The van der Waals surface area contributed by atoms with Crippen LogP contribution in [0.5, 0.6) is 0 Å². The number of hydrogen-bond acceptors (Lipinski definition) is 4. The molecule has 0 fully saturated rings. The minimum absolute atomic E-state index is 0.316. The molecule has 2 rings (SSSR count). The average molecular weight is 250 g/mol. The Hall–Kier alpha value is -1.71. The molecule has 0 amide bonds. The van der Waals surface area contributed by atoms with E-state index in [0.717, 1.165) is 18.4 Å². The van der Waals surface area contributed by atoms with E-state index in [1.807, 2.05) is 20.8 Å². The van der Waals surface area contributed by atoms with Crippen molar-refractivity contribution in [2.75, 3.05) is 0 Å². The fourth-order valence-corrected chi connectivity index (χ4v) is 2.07. The van der Waals surface area contributed by atoms with Crippen molar-refractivity contribution in [2.24, 2.45) is 0 Å². The largest absolute Gasteiger partial charge is 0.456 e. The molecule has 1 aromatic heterocycles. The molecule has 0 aliphatic rings. The van der Waals surface area contributed by atoms with E-state index in [1.54, 1.807) is 12.1 Å². The Morgan fingerprint density at radius 1 is 1.33 bits per heavy atom. The number of rotatable bonds is 4. The Bertz CT molecular complexity index is 559. The molecule has 0 bridgehead atoms. The van der Waals surface area contributed by atoms with E-state index in [4.69, 9.17) is 13.9 Å². The quantitative estimate of drug-likeness (QED) is 0.606. The third-order valence-corrected chi connectivity index (χ3v) is 3.03. The summed E-state index contributed by atoms with van der Waals surface area (Å²) in [6, 6.07) is 3.43. The van der Waals surface area contributed by atoms with Gasteiger partial charge >= 0.3 is 5.97 Å². The van der Waals surface area contributed by atoms with Gasteiger partial charge in [-0.25, -0.2) is 4.79 Å². The molecule has 0 radical (unpaired) electrons. The van der Waals surface area contributed by atoms with E-state index >= 15 is 0 Å². The number of esters is 1. The normalized spacial score (nSPS) is 12.0. The van der Waals surface area contributed by atoms with Gasteiger partial charge in [0.25, 0.3) is 0 Å². The molecule has 0 N–H and O–H groups in total. The van der Waals surface area contributed by atoms with Crippen LogP contribution in [0.1, 0.15) is 49.5 Å². The zero-order chi connectivity index (χ0) is 13.3. The molecular weight excluding hydrogens is 232 g/mol. The number of benzene rings is 1. The summed E-state index contributed by atoms with van der Waals surface area (Å²) >= 11 is 0. The van der Waals surface area contributed by atoms with Crippen LogP contribution in [-0.4, -0.2) is 11.6 Å². The number of ether oxygens (including phenoxy) is 1. The molecule has 0 atom stereocenters. The van der Waals surface area contributed by atoms with Crippen molar-refractivity contribution in [3.05, 3.63) is 23.3 Å². The van der Waals surface area contributed by atoms with Crippen molar-refractivity contribution in [1.29, 1.82) is 0 Å². The first kappa shape index (κ1) is 12.7. The van der Waals surface area contributed by atoms with Gasteiger partial charge in [0.05, 0.1) is 5.56 Å². The monoisotopic (exact) mass is 250 g/mol. The second kappa shape index (κ2) is 4.52. The molecule has 0 unspecified atom stereocenters. The van der Waals surface area contributed by atoms with Crippen LogP contribution in [-0.2, 0) is 4.74 Å². The first-order chi connectivity index (χ1) is 8.44. The molecule has 98 valence electrons. The fourth-order valence-electron chi connectivity index (χ4n) is 2.07. The molecule has 0 aliphatic carbocycles. The van der Waals surface area contributed by atoms with Crippen LogP contribution in [0.25, 0.3) is 11.2 Å². The predicted octanol–water partition coefficient (Wildman–Crippen LogP) is 4.07. The topological polar surface area (TPSA) is 52.6 Å². The van der Waals surface area contributed by atoms with Crippen LogP contribution >= 0.6 is 0 Å². The molecule has 2 aromatic rings. The Balaban J connectivity index is 2.21. The smallest absolute Gasteiger partial charge is 0.339 e. The number of carbonyl (C=O) groups is 1. The van der Waals surface area contributed by atoms with Gasteiger partial charge in [0.2, 0.25) is 11.2 Å². The maximum atomic E-state index is 12.1. The van der Waals surface area contributed by atoms with Crippen LogP contribution < -0.4 is 0 Å². The van der Waals surface area contributed by atoms with E-state index in [0.29, 0.717) is 16.7 Å². The maximum absolute atomic E-state index is 12.1. The lowest BCUT2D eigenvalue weighted by Gasteiger charge is -2.25. The molecule has 4 heteroatoms. The molecule has 1 aromatic carbocycles. The number of hydrogen-bond donors (Lipinski definition) is 0. The summed E-state index contributed by atoms with van der Waals surface area (Å²) in [7, 11) is 0. The van der Waals surface area contributed by atoms with Gasteiger partial charge in [0, 0.05) is 5.56 Å². The molecule has 18 heavy (non-hydrogen) atoms. The molecular formula is C14H18O4. The van der Waals surface area contributed by atoms with Crippen LogP contribution in [0, 0.1) is 6.92 Å². The number of carbonyl (C=O) groups excluding carboxylic acids is 1. The minimum atomic E-state index is -0.446. The van der Waals surface area contributed by atoms with Crippen molar-refractivity contribution in [3.8, 4) is 0 Å². The van der Waals surface area contributed by atoms with Gasteiger partial charge < -0.3 is 4.74 Å². The Labute approximate surface area is 106 Å². The molecule has 0 saturated carbocycles. The van der Waals surface area contributed by atoms with Crippen molar-refractivity contribution >= 4 is 17.1 Å². The molecule has 4 nitrogen and oxygen atoms in total. The highest BCUT2D eigenvalue weighted by atomic mass is 17.0. The van der Waals surface area contributed by atoms with E-state index in [9.17, 15) is 4.79 Å². The van der Waals surface area contributed by atoms with Crippen molar-refractivity contribution in [3.63, 3.8) is 0 Å². The lowest BCUT2D eigenvalue weighted by atomic mass is 10.0. The highest BCUT2D eigenvalue weighted by molar-refractivity contribution is 5.95. The van der Waals surface area contributed by atoms with Crippen molar-refractivity contribution in [1.82, 2.24) is 0 Å². The van der Waals surface area contributed by atoms with E-state index in [1.165, 1.54) is 0 Å². The molecule has 0 spiro atoms. The zero-order valence-corrected chi connectivity index (χ0v) is 11.2. The number of fused-ring (bicyclic) bond motifs is 1. The molecule has 0 saturated heterocycles. The predicted molar refractivity (Wildman–Crippen MR) is 67.6 cm³/mol. The van der Waals surface area contributed by atoms with Gasteiger partial charge in [-0.2, -0.15) is 0 Å². The Kier molecular flexibility index (Phi) is 3.20. The summed E-state index contributed by atoms with van der Waals surface area (Å²) in [6.07, 6.45) is 1.81. The van der Waals surface area contributed by atoms with Gasteiger partial charge in [0.1, 0.15) is 5.60 Å². The van der Waals surface area contributed by atoms with Gasteiger partial charge in [-0.3, -0.25) is 9.15 Å². The first-order valence-corrected chi connectivity index (χ1v) is 6.16. The van der Waals surface area contributed by atoms with Gasteiger partial charge in [-0.15, -0.1) is 0 Å². The fraction of sp³-hybridized carbons (Fsp3) is 0.500. The van der Waals surface area contributed by atoms with E-state index < -0.39 is 5.60 Å². The molecule has 1 heterocycles. The van der Waals surface area contributed by atoms with Crippen LogP contribution in [0.15, 0.2) is 21.3 Å². The minimum Gasteiger partial charge on any atom is -0.456 e. The summed E-state index contributed by atoms with van der Waals surface area (Å²) in [6.45, 7) is 7.73. The number of aryl methyl sites for hydroxylation is 1. The third kappa shape index (κ3) is 2.28. The zero-order valence-electron chi connectivity index (χ0n) is 11.2. The summed E-state index contributed by atoms with van der Waals surface area (Å²) in [4.78, 5) is 12.1. The van der Waals surface area contributed by atoms with Crippen LogP contribution in [0.4, 0.5) is 0 Å². The lowest BCUT2D eigenvalue weighted by molar-refractivity contribution is -0.00492. The van der Waals surface area contributed by atoms with Crippen LogP contribution in [0.3, 0.4) is 0 Å². The third-order valence-electron chi connectivity index (χ3n) is 3.03. The van der Waals surface area contributed by atoms with E-state index in [2.05, 4.69) is 6.92 Å². The highest BCUT2D eigenvalue weighted by Crippen LogP contribution is 2.27. The Morgan fingerprint density at radius 3 is 2.61 bits per heavy atom. The first-order valence-electron chi connectivity index (χ1n) is 6.16. The summed E-state index contributed by atoms with van der Waals surface area (Å²) in [5, 5.41) is 0. The van der Waals surface area contributed by atoms with Crippen LogP contribution in [0.2, 0.25) is 0 Å². The van der Waals surface area contributed by atoms with Crippen molar-refractivity contribution < 1.29 is 18.7 Å².